The van der Waals surface area contributed by atoms with Gasteiger partial charge in [0.25, 0.3) is 5.56 Å². The van der Waals surface area contributed by atoms with Crippen molar-refractivity contribution in [2.24, 2.45) is 7.05 Å². The molecule has 0 aliphatic heterocycles. The van der Waals surface area contributed by atoms with Crippen molar-refractivity contribution in [2.45, 2.75) is 6.54 Å². The summed E-state index contributed by atoms with van der Waals surface area (Å²) in [5, 5.41) is 9.09. The molecule has 0 bridgehead atoms. The molecule has 0 saturated heterocycles. The Hall–Kier alpha value is -3.29. The molecule has 0 fully saturated rings. The third-order valence-corrected chi connectivity index (χ3v) is 3.71. The third kappa shape index (κ3) is 2.58. The molecule has 0 saturated carbocycles. The molecule has 0 atom stereocenters. The number of carbonyl (C=O) groups is 1. The summed E-state index contributed by atoms with van der Waals surface area (Å²) in [6.07, 6.45) is 1.18. The number of hydrogen-bond acceptors (Lipinski definition) is 4. The second-order valence-electron chi connectivity index (χ2n) is 5.25. The van der Waals surface area contributed by atoms with Gasteiger partial charge < -0.3 is 5.11 Å². The van der Waals surface area contributed by atoms with Crippen molar-refractivity contribution >= 4 is 16.9 Å². The zero-order valence-corrected chi connectivity index (χ0v) is 12.6. The number of pyridine rings is 1. The molecule has 1 aromatic carbocycles. The number of hydrogen-bond donors (Lipinski definition) is 1. The molecule has 24 heavy (non-hydrogen) atoms. The van der Waals surface area contributed by atoms with Gasteiger partial charge in [-0.1, -0.05) is 12.1 Å². The largest absolute Gasteiger partial charge is 0.477 e. The van der Waals surface area contributed by atoms with Gasteiger partial charge in [0.1, 0.15) is 11.5 Å². The Morgan fingerprint density at radius 2 is 1.92 bits per heavy atom. The van der Waals surface area contributed by atoms with Gasteiger partial charge in [-0.05, 0) is 23.8 Å². The number of benzene rings is 1. The molecule has 3 rings (SSSR count). The Morgan fingerprint density at radius 3 is 2.54 bits per heavy atom. The fourth-order valence-electron chi connectivity index (χ4n) is 2.43. The summed E-state index contributed by atoms with van der Waals surface area (Å²) in [4.78, 5) is 39.8. The molecule has 3 aromatic rings. The maximum Gasteiger partial charge on any atom is 0.354 e. The van der Waals surface area contributed by atoms with Crippen LogP contribution >= 0.6 is 0 Å². The number of rotatable bonds is 3. The summed E-state index contributed by atoms with van der Waals surface area (Å²) in [6, 6.07) is 6.55. The lowest BCUT2D eigenvalue weighted by atomic mass is 10.2. The minimum Gasteiger partial charge on any atom is -0.477 e. The number of carboxylic acids is 1. The lowest BCUT2D eigenvalue weighted by Crippen LogP contribution is -2.39. The molecule has 0 unspecified atom stereocenters. The SMILES string of the molecule is Cn1c(=O)n(Cc2ccc(F)cc2)c(=O)c2cc(C(=O)O)ncc21. The van der Waals surface area contributed by atoms with Crippen LogP contribution in [-0.4, -0.2) is 25.2 Å². The minimum absolute atomic E-state index is 0.0492. The minimum atomic E-state index is -1.27. The van der Waals surface area contributed by atoms with Gasteiger partial charge in [-0.15, -0.1) is 0 Å². The van der Waals surface area contributed by atoms with Crippen LogP contribution in [-0.2, 0) is 13.6 Å². The van der Waals surface area contributed by atoms with Gasteiger partial charge in [-0.3, -0.25) is 13.9 Å². The van der Waals surface area contributed by atoms with Crippen molar-refractivity contribution in [3.8, 4) is 0 Å². The molecule has 1 N–H and O–H groups in total. The summed E-state index contributed by atoms with van der Waals surface area (Å²) in [7, 11) is 1.47. The van der Waals surface area contributed by atoms with Crippen molar-refractivity contribution in [2.75, 3.05) is 0 Å². The fourth-order valence-corrected chi connectivity index (χ4v) is 2.43. The van der Waals surface area contributed by atoms with Crippen LogP contribution in [0.2, 0.25) is 0 Å². The van der Waals surface area contributed by atoms with Crippen LogP contribution in [0.15, 0.2) is 46.1 Å². The molecule has 2 heterocycles. The highest BCUT2D eigenvalue weighted by Gasteiger charge is 2.14. The third-order valence-electron chi connectivity index (χ3n) is 3.71. The summed E-state index contributed by atoms with van der Waals surface area (Å²) >= 11 is 0. The van der Waals surface area contributed by atoms with Crippen molar-refractivity contribution in [3.63, 3.8) is 0 Å². The lowest BCUT2D eigenvalue weighted by Gasteiger charge is -2.11. The van der Waals surface area contributed by atoms with Crippen molar-refractivity contribution in [3.05, 3.63) is 74.4 Å². The Bertz CT molecular complexity index is 1070. The molecular weight excluding hydrogens is 317 g/mol. The molecule has 8 heteroatoms. The van der Waals surface area contributed by atoms with E-state index in [4.69, 9.17) is 5.11 Å². The molecule has 7 nitrogen and oxygen atoms in total. The Balaban J connectivity index is 2.24. The first kappa shape index (κ1) is 15.6. The molecular formula is C16H12FN3O4. The van der Waals surface area contributed by atoms with E-state index in [1.54, 1.807) is 0 Å². The van der Waals surface area contributed by atoms with Crippen LogP contribution in [0.5, 0.6) is 0 Å². The monoisotopic (exact) mass is 329 g/mol. The smallest absolute Gasteiger partial charge is 0.354 e. The molecule has 122 valence electrons. The second-order valence-corrected chi connectivity index (χ2v) is 5.25. The predicted molar refractivity (Wildman–Crippen MR) is 83.7 cm³/mol. The number of aryl methyl sites for hydroxylation is 1. The molecule has 0 amide bonds. The molecule has 0 aliphatic carbocycles. The zero-order chi connectivity index (χ0) is 17.4. The molecule has 0 spiro atoms. The van der Waals surface area contributed by atoms with Gasteiger partial charge in [0.2, 0.25) is 0 Å². The number of aromatic nitrogens is 3. The van der Waals surface area contributed by atoms with E-state index in [1.165, 1.54) is 42.1 Å². The fraction of sp³-hybridized carbons (Fsp3) is 0.125. The van der Waals surface area contributed by atoms with E-state index in [2.05, 4.69) is 4.98 Å². The van der Waals surface area contributed by atoms with E-state index in [0.717, 1.165) is 10.6 Å². The average Bonchev–Trinajstić information content (AvgIpc) is 2.58. The Kier molecular flexibility index (Phi) is 3.72. The highest BCUT2D eigenvalue weighted by atomic mass is 19.1. The number of carboxylic acid groups (broad SMARTS) is 1. The lowest BCUT2D eigenvalue weighted by molar-refractivity contribution is 0.0690. The topological polar surface area (TPSA) is 94.2 Å². The predicted octanol–water partition coefficient (Wildman–Crippen LogP) is 0.981. The van der Waals surface area contributed by atoms with Crippen LogP contribution in [0.1, 0.15) is 16.1 Å². The maximum atomic E-state index is 13.0. The summed E-state index contributed by atoms with van der Waals surface area (Å²) in [5.74, 6) is -1.69. The zero-order valence-electron chi connectivity index (χ0n) is 12.6. The van der Waals surface area contributed by atoms with Crippen molar-refractivity contribution in [1.82, 2.24) is 14.1 Å². The first-order valence-corrected chi connectivity index (χ1v) is 6.96. The van der Waals surface area contributed by atoms with E-state index in [1.807, 2.05) is 0 Å². The number of halogens is 1. The second kappa shape index (κ2) is 5.73. The van der Waals surface area contributed by atoms with Crippen LogP contribution in [0.3, 0.4) is 0 Å². The Morgan fingerprint density at radius 1 is 1.25 bits per heavy atom. The summed E-state index contributed by atoms with van der Waals surface area (Å²) in [6.45, 7) is -0.0492. The van der Waals surface area contributed by atoms with Gasteiger partial charge in [-0.2, -0.15) is 0 Å². The summed E-state index contributed by atoms with van der Waals surface area (Å²) in [5.41, 5.74) is -0.663. The maximum absolute atomic E-state index is 13.0. The van der Waals surface area contributed by atoms with E-state index in [9.17, 15) is 18.8 Å². The first-order valence-electron chi connectivity index (χ1n) is 6.96. The van der Waals surface area contributed by atoms with E-state index >= 15 is 0 Å². The average molecular weight is 329 g/mol. The standard InChI is InChI=1S/C16H12FN3O4/c1-19-13-7-18-12(15(22)23)6-11(13)14(21)20(16(19)24)8-9-2-4-10(17)5-3-9/h2-7H,8H2,1H3,(H,22,23). The van der Waals surface area contributed by atoms with Gasteiger partial charge >= 0.3 is 11.7 Å². The van der Waals surface area contributed by atoms with Crippen LogP contribution in [0, 0.1) is 5.82 Å². The number of fused-ring (bicyclic) bond motifs is 1. The number of aromatic carboxylic acids is 1. The van der Waals surface area contributed by atoms with E-state index < -0.39 is 23.0 Å². The first-order chi connectivity index (χ1) is 11.4. The molecule has 0 radical (unpaired) electrons. The van der Waals surface area contributed by atoms with Gasteiger partial charge in [0.05, 0.1) is 23.6 Å². The van der Waals surface area contributed by atoms with Crippen molar-refractivity contribution < 1.29 is 14.3 Å². The van der Waals surface area contributed by atoms with Crippen LogP contribution in [0.25, 0.3) is 10.9 Å². The highest BCUT2D eigenvalue weighted by molar-refractivity contribution is 5.90. The van der Waals surface area contributed by atoms with Gasteiger partial charge in [0.15, 0.2) is 0 Å². The highest BCUT2D eigenvalue weighted by Crippen LogP contribution is 2.09. The van der Waals surface area contributed by atoms with Gasteiger partial charge in [0, 0.05) is 7.05 Å². The molecule has 0 aliphatic rings. The van der Waals surface area contributed by atoms with E-state index in [0.29, 0.717) is 5.56 Å². The number of nitrogens with zero attached hydrogens (tertiary/aromatic N) is 3. The van der Waals surface area contributed by atoms with Crippen molar-refractivity contribution in [1.29, 1.82) is 0 Å². The molecule has 2 aromatic heterocycles. The summed E-state index contributed by atoms with van der Waals surface area (Å²) < 4.78 is 15.2. The quantitative estimate of drug-likeness (QED) is 0.773. The van der Waals surface area contributed by atoms with Crippen LogP contribution in [0.4, 0.5) is 4.39 Å². The van der Waals surface area contributed by atoms with E-state index in [-0.39, 0.29) is 23.1 Å². The Labute approximate surface area is 134 Å². The van der Waals surface area contributed by atoms with Crippen LogP contribution < -0.4 is 11.2 Å². The van der Waals surface area contributed by atoms with Gasteiger partial charge in [-0.25, -0.2) is 19.0 Å². The normalized spacial score (nSPS) is 10.9.